The summed E-state index contributed by atoms with van der Waals surface area (Å²) in [5.41, 5.74) is 0.0436. The molecule has 150 valence electrons. The standard InChI is InChI=1S/C21H25ClN2O4/c1-14(19(25)24(2)21(13-23)8-4-3-5-9-21)28-20(26)16-10-15-11-17(22)6-7-18(15)27-12-16/h6-7,11,14,16H,3-5,8-10,12H2,1-2H3/t14-,16-/m0/s1. The van der Waals surface area contributed by atoms with Gasteiger partial charge in [0.2, 0.25) is 0 Å². The average molecular weight is 405 g/mol. The second-order valence-corrected chi connectivity index (χ2v) is 8.08. The van der Waals surface area contributed by atoms with Crippen LogP contribution in [0.25, 0.3) is 0 Å². The van der Waals surface area contributed by atoms with E-state index in [2.05, 4.69) is 6.07 Å². The second kappa shape index (κ2) is 8.40. The van der Waals surface area contributed by atoms with Gasteiger partial charge in [0.15, 0.2) is 6.10 Å². The number of halogens is 1. The molecule has 0 bridgehead atoms. The predicted octanol–water partition coefficient (Wildman–Crippen LogP) is 3.51. The number of hydrogen-bond acceptors (Lipinski definition) is 5. The average Bonchev–Trinajstić information content (AvgIpc) is 2.72. The molecule has 6 nitrogen and oxygen atoms in total. The normalized spacial score (nSPS) is 21.4. The predicted molar refractivity (Wildman–Crippen MR) is 104 cm³/mol. The molecule has 3 rings (SSSR count). The fourth-order valence-electron chi connectivity index (χ4n) is 3.98. The molecular weight excluding hydrogens is 380 g/mol. The van der Waals surface area contributed by atoms with Crippen LogP contribution in [0.5, 0.6) is 5.75 Å². The Morgan fingerprint density at radius 1 is 1.36 bits per heavy atom. The lowest BCUT2D eigenvalue weighted by atomic mass is 9.81. The lowest BCUT2D eigenvalue weighted by molar-refractivity contribution is -0.165. The first-order valence-electron chi connectivity index (χ1n) is 9.67. The third kappa shape index (κ3) is 4.10. The van der Waals surface area contributed by atoms with Gasteiger partial charge < -0.3 is 14.4 Å². The first kappa shape index (κ1) is 20.5. The summed E-state index contributed by atoms with van der Waals surface area (Å²) in [6.07, 6.45) is 3.71. The number of nitrogens with zero attached hydrogens (tertiary/aromatic N) is 2. The van der Waals surface area contributed by atoms with Crippen LogP contribution in [0.3, 0.4) is 0 Å². The highest BCUT2D eigenvalue weighted by Crippen LogP contribution is 2.33. The molecule has 0 spiro atoms. The molecule has 7 heteroatoms. The number of likely N-dealkylation sites (N-methyl/N-ethyl adjacent to an activating group) is 1. The number of amides is 1. The zero-order chi connectivity index (χ0) is 20.3. The summed E-state index contributed by atoms with van der Waals surface area (Å²) in [6.45, 7) is 1.76. The van der Waals surface area contributed by atoms with E-state index in [0.29, 0.717) is 30.0 Å². The largest absolute Gasteiger partial charge is 0.492 e. The van der Waals surface area contributed by atoms with Crippen LogP contribution in [-0.2, 0) is 20.7 Å². The molecule has 1 aliphatic heterocycles. The number of fused-ring (bicyclic) bond motifs is 1. The minimum absolute atomic E-state index is 0.201. The number of nitriles is 1. The molecule has 1 amide bonds. The Balaban J connectivity index is 1.62. The Morgan fingerprint density at radius 3 is 2.75 bits per heavy atom. The van der Waals surface area contributed by atoms with E-state index in [1.54, 1.807) is 32.2 Å². The van der Waals surface area contributed by atoms with Crippen LogP contribution in [0.4, 0.5) is 0 Å². The van der Waals surface area contributed by atoms with Gasteiger partial charge in [0.1, 0.15) is 17.9 Å². The van der Waals surface area contributed by atoms with E-state index in [1.165, 1.54) is 4.90 Å². The summed E-state index contributed by atoms with van der Waals surface area (Å²) >= 11 is 6.02. The van der Waals surface area contributed by atoms with Crippen LogP contribution in [0.1, 0.15) is 44.6 Å². The number of ether oxygens (including phenoxy) is 2. The summed E-state index contributed by atoms with van der Waals surface area (Å²) in [5, 5.41) is 10.2. The van der Waals surface area contributed by atoms with Crippen molar-refractivity contribution in [2.45, 2.75) is 57.1 Å². The fraction of sp³-hybridized carbons (Fsp3) is 0.571. The van der Waals surface area contributed by atoms with Gasteiger partial charge in [-0.25, -0.2) is 0 Å². The first-order chi connectivity index (χ1) is 13.4. The number of rotatable bonds is 4. The molecule has 1 fully saturated rings. The monoisotopic (exact) mass is 404 g/mol. The van der Waals surface area contributed by atoms with Crippen LogP contribution < -0.4 is 4.74 Å². The van der Waals surface area contributed by atoms with E-state index < -0.39 is 23.5 Å². The molecule has 2 aliphatic rings. The zero-order valence-corrected chi connectivity index (χ0v) is 17.0. The molecule has 28 heavy (non-hydrogen) atoms. The van der Waals surface area contributed by atoms with Crippen LogP contribution >= 0.6 is 11.6 Å². The fourth-order valence-corrected chi connectivity index (χ4v) is 4.17. The number of hydrogen-bond donors (Lipinski definition) is 0. The molecule has 0 N–H and O–H groups in total. The molecule has 0 saturated heterocycles. The second-order valence-electron chi connectivity index (χ2n) is 7.64. The van der Waals surface area contributed by atoms with E-state index in [-0.39, 0.29) is 12.5 Å². The SMILES string of the molecule is C[C@H](OC(=O)[C@@H]1COc2ccc(Cl)cc2C1)C(=O)N(C)C1(C#N)CCCCC1. The molecule has 0 radical (unpaired) electrons. The molecule has 1 aromatic rings. The topological polar surface area (TPSA) is 79.6 Å². The minimum atomic E-state index is -0.953. The minimum Gasteiger partial charge on any atom is -0.492 e. The van der Waals surface area contributed by atoms with E-state index >= 15 is 0 Å². The lowest BCUT2D eigenvalue weighted by Gasteiger charge is -2.40. The van der Waals surface area contributed by atoms with Crippen molar-refractivity contribution in [3.63, 3.8) is 0 Å². The molecule has 1 aromatic carbocycles. The van der Waals surface area contributed by atoms with Crippen molar-refractivity contribution < 1.29 is 19.1 Å². The zero-order valence-electron chi connectivity index (χ0n) is 16.2. The van der Waals surface area contributed by atoms with Gasteiger partial charge in [0.25, 0.3) is 5.91 Å². The van der Waals surface area contributed by atoms with Crippen molar-refractivity contribution in [2.24, 2.45) is 5.92 Å². The van der Waals surface area contributed by atoms with Gasteiger partial charge in [-0.3, -0.25) is 9.59 Å². The third-order valence-electron chi connectivity index (χ3n) is 5.76. The number of carbonyl (C=O) groups is 2. The van der Waals surface area contributed by atoms with Crippen LogP contribution in [-0.4, -0.2) is 42.1 Å². The number of carbonyl (C=O) groups excluding carboxylic acids is 2. The van der Waals surface area contributed by atoms with Crippen molar-refractivity contribution in [1.82, 2.24) is 4.90 Å². The molecule has 1 saturated carbocycles. The maximum atomic E-state index is 12.8. The molecule has 1 heterocycles. The number of esters is 1. The maximum Gasteiger partial charge on any atom is 0.313 e. The quantitative estimate of drug-likeness (QED) is 0.717. The summed E-state index contributed by atoms with van der Waals surface area (Å²) in [6, 6.07) is 7.62. The molecule has 0 unspecified atom stereocenters. The smallest absolute Gasteiger partial charge is 0.313 e. The van der Waals surface area contributed by atoms with E-state index in [0.717, 1.165) is 24.8 Å². The van der Waals surface area contributed by atoms with Gasteiger partial charge in [-0.1, -0.05) is 30.9 Å². The van der Waals surface area contributed by atoms with Crippen LogP contribution in [0, 0.1) is 17.2 Å². The molecule has 1 aliphatic carbocycles. The Kier molecular flexibility index (Phi) is 6.14. The third-order valence-corrected chi connectivity index (χ3v) is 6.00. The highest BCUT2D eigenvalue weighted by molar-refractivity contribution is 6.30. The van der Waals surface area contributed by atoms with Crippen LogP contribution in [0.2, 0.25) is 5.02 Å². The van der Waals surface area contributed by atoms with Gasteiger partial charge in [-0.2, -0.15) is 5.26 Å². The van der Waals surface area contributed by atoms with Crippen LogP contribution in [0.15, 0.2) is 18.2 Å². The summed E-state index contributed by atoms with van der Waals surface area (Å²) in [4.78, 5) is 26.9. The maximum absolute atomic E-state index is 12.8. The van der Waals surface area contributed by atoms with E-state index in [4.69, 9.17) is 21.1 Å². The van der Waals surface area contributed by atoms with Crippen molar-refractivity contribution in [3.05, 3.63) is 28.8 Å². The van der Waals surface area contributed by atoms with Crippen molar-refractivity contribution in [2.75, 3.05) is 13.7 Å². The number of benzene rings is 1. The van der Waals surface area contributed by atoms with Gasteiger partial charge >= 0.3 is 5.97 Å². The first-order valence-corrected chi connectivity index (χ1v) is 10.0. The van der Waals surface area contributed by atoms with E-state index in [9.17, 15) is 14.9 Å². The highest BCUT2D eigenvalue weighted by Gasteiger charge is 2.41. The Morgan fingerprint density at radius 2 is 2.07 bits per heavy atom. The molecule has 0 aromatic heterocycles. The van der Waals surface area contributed by atoms with Gasteiger partial charge in [-0.05, 0) is 49.9 Å². The molecular formula is C21H25ClN2O4. The highest BCUT2D eigenvalue weighted by atomic mass is 35.5. The van der Waals surface area contributed by atoms with Crippen molar-refractivity contribution in [3.8, 4) is 11.8 Å². The van der Waals surface area contributed by atoms with Crippen molar-refractivity contribution in [1.29, 1.82) is 5.26 Å². The summed E-state index contributed by atoms with van der Waals surface area (Å²) < 4.78 is 11.1. The molecule has 2 atom stereocenters. The Hall–Kier alpha value is -2.26. The van der Waals surface area contributed by atoms with Crippen molar-refractivity contribution >= 4 is 23.5 Å². The Labute approximate surface area is 170 Å². The van der Waals surface area contributed by atoms with Gasteiger partial charge in [0.05, 0.1) is 12.0 Å². The van der Waals surface area contributed by atoms with E-state index in [1.807, 2.05) is 0 Å². The summed E-state index contributed by atoms with van der Waals surface area (Å²) in [7, 11) is 1.63. The summed E-state index contributed by atoms with van der Waals surface area (Å²) in [5.74, 6) is -0.608. The Bertz CT molecular complexity index is 798. The van der Waals surface area contributed by atoms with Gasteiger partial charge in [-0.15, -0.1) is 0 Å². The van der Waals surface area contributed by atoms with Gasteiger partial charge in [0, 0.05) is 12.1 Å². The lowest BCUT2D eigenvalue weighted by Crippen LogP contribution is -2.53.